The van der Waals surface area contributed by atoms with Crippen LogP contribution in [0.3, 0.4) is 0 Å². The van der Waals surface area contributed by atoms with Gasteiger partial charge in [-0.3, -0.25) is 4.79 Å². The van der Waals surface area contributed by atoms with Crippen LogP contribution in [0.25, 0.3) is 22.1 Å². The van der Waals surface area contributed by atoms with Crippen LogP contribution in [0.15, 0.2) is 67.8 Å². The van der Waals surface area contributed by atoms with Crippen molar-refractivity contribution >= 4 is 39.5 Å². The topological polar surface area (TPSA) is 98.1 Å². The first kappa shape index (κ1) is 27.3. The standard InChI is InChI=1S/C32H32FN7O2/c1-6-28(41)40-16-20(13-14-32(40,3)4)22-8-9-24-30(37-22)31(35-17-34-24)38-23-10-12-27(19(2)29(23)33)42-21-7-11-26-25(15-21)36-18-39(26)5/h6-12,15,17-18,20H,1,13-14,16H2,2-5H3,(H,34,35,38)/t20-/m1/s1. The fourth-order valence-electron chi connectivity index (χ4n) is 5.54. The normalized spacial score (nSPS) is 16.5. The third-order valence-corrected chi connectivity index (χ3v) is 8.12. The molecular weight excluding hydrogens is 533 g/mol. The van der Waals surface area contributed by atoms with E-state index in [0.717, 1.165) is 29.6 Å². The Labute approximate surface area is 243 Å². The lowest BCUT2D eigenvalue weighted by Crippen LogP contribution is -2.52. The third-order valence-electron chi connectivity index (χ3n) is 8.12. The van der Waals surface area contributed by atoms with E-state index in [9.17, 15) is 4.79 Å². The van der Waals surface area contributed by atoms with Gasteiger partial charge in [-0.25, -0.2) is 24.3 Å². The van der Waals surface area contributed by atoms with E-state index < -0.39 is 5.82 Å². The summed E-state index contributed by atoms with van der Waals surface area (Å²) < 4.78 is 23.6. The van der Waals surface area contributed by atoms with Crippen molar-refractivity contribution in [1.82, 2.24) is 29.4 Å². The number of piperidine rings is 1. The molecule has 1 N–H and O–H groups in total. The van der Waals surface area contributed by atoms with Crippen molar-refractivity contribution in [2.45, 2.75) is 45.1 Å². The van der Waals surface area contributed by atoms with E-state index in [1.807, 2.05) is 46.8 Å². The molecule has 1 saturated heterocycles. The second-order valence-electron chi connectivity index (χ2n) is 11.3. The van der Waals surface area contributed by atoms with Crippen molar-refractivity contribution in [2.24, 2.45) is 7.05 Å². The van der Waals surface area contributed by atoms with E-state index in [4.69, 9.17) is 9.72 Å². The SMILES string of the molecule is C=CC(=O)N1C[C@H](c2ccc3ncnc(Nc4ccc(Oc5ccc6c(c5)ncn6C)c(C)c4F)c3n2)CCC1(C)C. The summed E-state index contributed by atoms with van der Waals surface area (Å²) in [6.07, 6.45) is 6.24. The number of pyridine rings is 1. The quantitative estimate of drug-likeness (QED) is 0.233. The Bertz CT molecular complexity index is 1850. The van der Waals surface area contributed by atoms with E-state index in [0.29, 0.717) is 40.5 Å². The molecule has 0 bridgehead atoms. The maximum absolute atomic E-state index is 15.6. The van der Waals surface area contributed by atoms with Crippen molar-refractivity contribution < 1.29 is 13.9 Å². The summed E-state index contributed by atoms with van der Waals surface area (Å²) in [5.41, 5.74) is 4.11. The van der Waals surface area contributed by atoms with Gasteiger partial charge in [0.05, 0.1) is 28.6 Å². The average Bonchev–Trinajstić information content (AvgIpc) is 3.36. The number of hydrogen-bond donors (Lipinski definition) is 1. The van der Waals surface area contributed by atoms with Gasteiger partial charge in [-0.1, -0.05) is 6.58 Å². The van der Waals surface area contributed by atoms with Gasteiger partial charge < -0.3 is 19.5 Å². The van der Waals surface area contributed by atoms with Gasteiger partial charge in [0.15, 0.2) is 11.6 Å². The fraction of sp³-hybridized carbons (Fsp3) is 0.281. The number of benzene rings is 2. The minimum Gasteiger partial charge on any atom is -0.457 e. The zero-order chi connectivity index (χ0) is 29.6. The van der Waals surface area contributed by atoms with Gasteiger partial charge in [0.25, 0.3) is 0 Å². The van der Waals surface area contributed by atoms with Crippen molar-refractivity contribution in [3.8, 4) is 11.5 Å². The first-order chi connectivity index (χ1) is 20.1. The number of ether oxygens (including phenoxy) is 1. The molecule has 1 atom stereocenters. The molecule has 42 heavy (non-hydrogen) atoms. The Morgan fingerprint density at radius 2 is 1.98 bits per heavy atom. The number of nitrogens with one attached hydrogen (secondary N) is 1. The summed E-state index contributed by atoms with van der Waals surface area (Å²) in [5, 5.41) is 3.12. The first-order valence-electron chi connectivity index (χ1n) is 13.9. The van der Waals surface area contributed by atoms with Crippen LogP contribution in [0, 0.1) is 12.7 Å². The van der Waals surface area contributed by atoms with Crippen molar-refractivity contribution in [3.63, 3.8) is 0 Å². The molecule has 1 amide bonds. The highest BCUT2D eigenvalue weighted by Crippen LogP contribution is 2.37. The third kappa shape index (κ3) is 4.93. The maximum atomic E-state index is 15.6. The van der Waals surface area contributed by atoms with Gasteiger partial charge in [0, 0.05) is 42.4 Å². The van der Waals surface area contributed by atoms with Gasteiger partial charge in [0.2, 0.25) is 5.91 Å². The molecule has 0 saturated carbocycles. The molecule has 0 spiro atoms. The number of carbonyl (C=O) groups is 1. The number of hydrogen-bond acceptors (Lipinski definition) is 7. The number of aryl methyl sites for hydroxylation is 1. The Morgan fingerprint density at radius 3 is 2.79 bits per heavy atom. The lowest BCUT2D eigenvalue weighted by Gasteiger charge is -2.45. The van der Waals surface area contributed by atoms with E-state index in [1.165, 1.54) is 12.4 Å². The summed E-state index contributed by atoms with van der Waals surface area (Å²) in [7, 11) is 1.93. The number of imidazole rings is 1. The number of likely N-dealkylation sites (tertiary alicyclic amines) is 1. The number of aromatic nitrogens is 5. The van der Waals surface area contributed by atoms with Crippen LogP contribution in [0.1, 0.15) is 43.9 Å². The Balaban J connectivity index is 1.27. The molecule has 6 rings (SSSR count). The first-order valence-corrected chi connectivity index (χ1v) is 13.9. The minimum absolute atomic E-state index is 0.0418. The van der Waals surface area contributed by atoms with Crippen molar-refractivity contribution in [2.75, 3.05) is 11.9 Å². The van der Waals surface area contributed by atoms with Crippen LogP contribution in [-0.2, 0) is 11.8 Å². The molecule has 2 aromatic carbocycles. The lowest BCUT2D eigenvalue weighted by atomic mass is 9.83. The van der Waals surface area contributed by atoms with E-state index in [-0.39, 0.29) is 23.1 Å². The summed E-state index contributed by atoms with van der Waals surface area (Å²) >= 11 is 0. The molecule has 0 aliphatic carbocycles. The molecule has 9 nitrogen and oxygen atoms in total. The monoisotopic (exact) mass is 565 g/mol. The fourth-order valence-corrected chi connectivity index (χ4v) is 5.54. The second-order valence-corrected chi connectivity index (χ2v) is 11.3. The minimum atomic E-state index is -0.456. The van der Waals surface area contributed by atoms with Gasteiger partial charge in [-0.15, -0.1) is 0 Å². The number of fused-ring (bicyclic) bond motifs is 2. The molecule has 1 aliphatic rings. The highest BCUT2D eigenvalue weighted by Gasteiger charge is 2.37. The maximum Gasteiger partial charge on any atom is 0.246 e. The average molecular weight is 566 g/mol. The molecule has 4 heterocycles. The number of anilines is 2. The zero-order valence-electron chi connectivity index (χ0n) is 24.1. The summed E-state index contributed by atoms with van der Waals surface area (Å²) in [5.74, 6) is 0.862. The van der Waals surface area contributed by atoms with E-state index in [2.05, 4.69) is 40.7 Å². The summed E-state index contributed by atoms with van der Waals surface area (Å²) in [6.45, 7) is 10.0. The van der Waals surface area contributed by atoms with Gasteiger partial charge in [-0.2, -0.15) is 0 Å². The number of carbonyl (C=O) groups excluding carboxylic acids is 1. The van der Waals surface area contributed by atoms with E-state index >= 15 is 4.39 Å². The number of rotatable bonds is 6. The number of halogens is 1. The van der Waals surface area contributed by atoms with Gasteiger partial charge >= 0.3 is 0 Å². The highest BCUT2D eigenvalue weighted by atomic mass is 19.1. The van der Waals surface area contributed by atoms with Crippen LogP contribution in [0.4, 0.5) is 15.9 Å². The Hall–Kier alpha value is -4.86. The summed E-state index contributed by atoms with van der Waals surface area (Å²) in [4.78, 5) is 32.5. The number of amides is 1. The zero-order valence-corrected chi connectivity index (χ0v) is 24.1. The molecule has 1 aliphatic heterocycles. The molecule has 0 radical (unpaired) electrons. The van der Waals surface area contributed by atoms with Crippen molar-refractivity contribution in [1.29, 1.82) is 0 Å². The molecule has 3 aromatic heterocycles. The van der Waals surface area contributed by atoms with Crippen LogP contribution in [0.2, 0.25) is 0 Å². The molecule has 10 heteroatoms. The Kier molecular flexibility index (Phi) is 6.84. The van der Waals surface area contributed by atoms with Crippen LogP contribution < -0.4 is 10.1 Å². The molecular formula is C32H32FN7O2. The Morgan fingerprint density at radius 1 is 1.14 bits per heavy atom. The van der Waals surface area contributed by atoms with Crippen LogP contribution in [-0.4, -0.2) is 47.4 Å². The molecule has 214 valence electrons. The smallest absolute Gasteiger partial charge is 0.246 e. The van der Waals surface area contributed by atoms with Crippen molar-refractivity contribution in [3.05, 3.63) is 84.8 Å². The molecule has 5 aromatic rings. The second kappa shape index (κ2) is 10.5. The largest absolute Gasteiger partial charge is 0.457 e. The summed E-state index contributed by atoms with van der Waals surface area (Å²) in [6, 6.07) is 12.8. The molecule has 1 fully saturated rings. The lowest BCUT2D eigenvalue weighted by molar-refractivity contribution is -0.133. The predicted molar refractivity (Wildman–Crippen MR) is 161 cm³/mol. The molecule has 0 unspecified atom stereocenters. The van der Waals surface area contributed by atoms with Gasteiger partial charge in [0.1, 0.15) is 23.3 Å². The van der Waals surface area contributed by atoms with E-state index in [1.54, 1.807) is 25.4 Å². The highest BCUT2D eigenvalue weighted by molar-refractivity contribution is 5.88. The van der Waals surface area contributed by atoms with Gasteiger partial charge in [-0.05, 0) is 76.1 Å². The number of nitrogens with zero attached hydrogens (tertiary/aromatic N) is 6. The predicted octanol–water partition coefficient (Wildman–Crippen LogP) is 6.57. The van der Waals surface area contributed by atoms with Crippen LogP contribution in [0.5, 0.6) is 11.5 Å². The van der Waals surface area contributed by atoms with Crippen LogP contribution >= 0.6 is 0 Å².